The molecule has 0 aliphatic rings. The van der Waals surface area contributed by atoms with Gasteiger partial charge in [0.25, 0.3) is 0 Å². The van der Waals surface area contributed by atoms with Crippen LogP contribution in [0.15, 0.2) is 29.2 Å². The van der Waals surface area contributed by atoms with E-state index >= 15 is 0 Å². The molecule has 0 amide bonds. The number of anilines is 1. The highest BCUT2D eigenvalue weighted by molar-refractivity contribution is 7.98. The lowest BCUT2D eigenvalue weighted by atomic mass is 10.3. The molecule has 0 aliphatic heterocycles. The predicted molar refractivity (Wildman–Crippen MR) is 68.5 cm³/mol. The molecule has 0 saturated carbocycles. The second kappa shape index (κ2) is 5.67. The maximum absolute atomic E-state index is 5.73. The van der Waals surface area contributed by atoms with Crippen LogP contribution in [0.1, 0.15) is 19.2 Å². The van der Waals surface area contributed by atoms with E-state index in [2.05, 4.69) is 22.4 Å². The van der Waals surface area contributed by atoms with Crippen molar-refractivity contribution in [2.45, 2.75) is 30.5 Å². The van der Waals surface area contributed by atoms with Gasteiger partial charge in [-0.15, -0.1) is 16.9 Å². The molecule has 2 N–H and O–H groups in total. The van der Waals surface area contributed by atoms with Gasteiger partial charge in [0.2, 0.25) is 0 Å². The fourth-order valence-electron chi connectivity index (χ4n) is 1.46. The van der Waals surface area contributed by atoms with Crippen molar-refractivity contribution < 1.29 is 0 Å². The lowest BCUT2D eigenvalue weighted by Crippen LogP contribution is -2.04. The third kappa shape index (κ3) is 3.20. The molecule has 2 rings (SSSR count). The Morgan fingerprint density at radius 1 is 1.41 bits per heavy atom. The summed E-state index contributed by atoms with van der Waals surface area (Å²) in [6.07, 6.45) is 1.03. The van der Waals surface area contributed by atoms with E-state index in [1.807, 2.05) is 28.9 Å². The van der Waals surface area contributed by atoms with Crippen molar-refractivity contribution in [1.82, 2.24) is 20.2 Å². The predicted octanol–water partition coefficient (Wildman–Crippen LogP) is 1.96. The summed E-state index contributed by atoms with van der Waals surface area (Å²) in [7, 11) is 0. The van der Waals surface area contributed by atoms with Gasteiger partial charge in [0, 0.05) is 17.1 Å². The minimum absolute atomic E-state index is 0.760. The SMILES string of the molecule is CCCn1nnnc1CSc1cccc(N)c1. The topological polar surface area (TPSA) is 69.6 Å². The van der Waals surface area contributed by atoms with Gasteiger partial charge in [0.05, 0.1) is 5.75 Å². The summed E-state index contributed by atoms with van der Waals surface area (Å²) < 4.78 is 1.85. The molecule has 0 fully saturated rings. The van der Waals surface area contributed by atoms with E-state index in [1.165, 1.54) is 0 Å². The zero-order chi connectivity index (χ0) is 12.1. The van der Waals surface area contributed by atoms with Gasteiger partial charge in [-0.25, -0.2) is 4.68 Å². The Balaban J connectivity index is 1.99. The first-order valence-electron chi connectivity index (χ1n) is 5.53. The van der Waals surface area contributed by atoms with E-state index in [0.717, 1.165) is 35.1 Å². The summed E-state index contributed by atoms with van der Waals surface area (Å²) in [4.78, 5) is 1.14. The molecule has 0 saturated heterocycles. The minimum Gasteiger partial charge on any atom is -0.399 e. The molecule has 0 unspecified atom stereocenters. The van der Waals surface area contributed by atoms with Crippen molar-refractivity contribution in [3.63, 3.8) is 0 Å². The van der Waals surface area contributed by atoms with Crippen LogP contribution >= 0.6 is 11.8 Å². The third-order valence-electron chi connectivity index (χ3n) is 2.27. The van der Waals surface area contributed by atoms with E-state index in [-0.39, 0.29) is 0 Å². The van der Waals surface area contributed by atoms with Gasteiger partial charge < -0.3 is 5.73 Å². The number of aryl methyl sites for hydroxylation is 1. The maximum Gasteiger partial charge on any atom is 0.161 e. The van der Waals surface area contributed by atoms with Gasteiger partial charge in [-0.1, -0.05) is 13.0 Å². The Morgan fingerprint density at radius 3 is 3.06 bits per heavy atom. The number of nitrogen functional groups attached to an aromatic ring is 1. The van der Waals surface area contributed by atoms with Crippen LogP contribution in [0.5, 0.6) is 0 Å². The first-order chi connectivity index (χ1) is 8.29. The average Bonchev–Trinajstić information content (AvgIpc) is 2.75. The first-order valence-corrected chi connectivity index (χ1v) is 6.51. The lowest BCUT2D eigenvalue weighted by Gasteiger charge is -2.03. The molecule has 17 heavy (non-hydrogen) atoms. The smallest absolute Gasteiger partial charge is 0.161 e. The van der Waals surface area contributed by atoms with Gasteiger partial charge in [-0.05, 0) is 35.0 Å². The molecule has 2 aromatic rings. The summed E-state index contributed by atoms with van der Waals surface area (Å²) >= 11 is 1.69. The molecule has 0 bridgehead atoms. The normalized spacial score (nSPS) is 10.6. The average molecular weight is 249 g/mol. The maximum atomic E-state index is 5.73. The summed E-state index contributed by atoms with van der Waals surface area (Å²) in [5.41, 5.74) is 6.51. The Bertz CT molecular complexity index is 482. The summed E-state index contributed by atoms with van der Waals surface area (Å²) in [5.74, 6) is 1.66. The molecular formula is C11H15N5S. The van der Waals surface area contributed by atoms with Crippen molar-refractivity contribution in [2.24, 2.45) is 0 Å². The van der Waals surface area contributed by atoms with Crippen LogP contribution in [0.25, 0.3) is 0 Å². The van der Waals surface area contributed by atoms with E-state index in [4.69, 9.17) is 5.73 Å². The number of nitrogens with two attached hydrogens (primary N) is 1. The van der Waals surface area contributed by atoms with E-state index in [9.17, 15) is 0 Å². The standard InChI is InChI=1S/C11H15N5S/c1-2-6-16-11(13-14-15-16)8-17-10-5-3-4-9(12)7-10/h3-5,7H,2,6,8,12H2,1H3. The molecule has 0 spiro atoms. The molecule has 5 nitrogen and oxygen atoms in total. The van der Waals surface area contributed by atoms with Gasteiger partial charge in [0.15, 0.2) is 5.82 Å². The number of hydrogen-bond acceptors (Lipinski definition) is 5. The van der Waals surface area contributed by atoms with Crippen LogP contribution in [0.4, 0.5) is 5.69 Å². The molecule has 1 aromatic heterocycles. The van der Waals surface area contributed by atoms with Crippen LogP contribution in [0, 0.1) is 0 Å². The van der Waals surface area contributed by atoms with Crippen molar-refractivity contribution >= 4 is 17.4 Å². The second-order valence-corrected chi connectivity index (χ2v) is 4.73. The largest absolute Gasteiger partial charge is 0.399 e. The van der Waals surface area contributed by atoms with Gasteiger partial charge in [-0.2, -0.15) is 0 Å². The number of hydrogen-bond donors (Lipinski definition) is 1. The van der Waals surface area contributed by atoms with E-state index in [1.54, 1.807) is 11.8 Å². The molecule has 90 valence electrons. The van der Waals surface area contributed by atoms with Gasteiger partial charge in [-0.3, -0.25) is 0 Å². The van der Waals surface area contributed by atoms with Crippen molar-refractivity contribution in [3.05, 3.63) is 30.1 Å². The number of nitrogens with zero attached hydrogens (tertiary/aromatic N) is 4. The number of thioether (sulfide) groups is 1. The fourth-order valence-corrected chi connectivity index (χ4v) is 2.36. The summed E-state index contributed by atoms with van der Waals surface area (Å²) in [5, 5.41) is 11.7. The van der Waals surface area contributed by atoms with Crippen molar-refractivity contribution in [2.75, 3.05) is 5.73 Å². The Hall–Kier alpha value is -1.56. The number of aromatic nitrogens is 4. The quantitative estimate of drug-likeness (QED) is 0.648. The van der Waals surface area contributed by atoms with Crippen molar-refractivity contribution in [3.8, 4) is 0 Å². The van der Waals surface area contributed by atoms with Gasteiger partial charge in [0.1, 0.15) is 0 Å². The highest BCUT2D eigenvalue weighted by atomic mass is 32.2. The zero-order valence-corrected chi connectivity index (χ0v) is 10.5. The highest BCUT2D eigenvalue weighted by Crippen LogP contribution is 2.23. The molecule has 0 radical (unpaired) electrons. The molecule has 0 atom stereocenters. The minimum atomic E-state index is 0.760. The molecule has 1 heterocycles. The Kier molecular flexibility index (Phi) is 3.98. The monoisotopic (exact) mass is 249 g/mol. The Morgan fingerprint density at radius 2 is 2.29 bits per heavy atom. The van der Waals surface area contributed by atoms with Crippen LogP contribution in [0.3, 0.4) is 0 Å². The Labute approximate surface area is 104 Å². The van der Waals surface area contributed by atoms with E-state index < -0.39 is 0 Å². The summed E-state index contributed by atoms with van der Waals surface area (Å²) in [6.45, 7) is 2.97. The van der Waals surface area contributed by atoms with Crippen LogP contribution in [-0.4, -0.2) is 20.2 Å². The molecule has 6 heteroatoms. The van der Waals surface area contributed by atoms with Crippen LogP contribution < -0.4 is 5.73 Å². The lowest BCUT2D eigenvalue weighted by molar-refractivity contribution is 0.564. The third-order valence-corrected chi connectivity index (χ3v) is 3.26. The van der Waals surface area contributed by atoms with Gasteiger partial charge >= 0.3 is 0 Å². The molecular weight excluding hydrogens is 234 g/mol. The first kappa shape index (κ1) is 11.9. The molecule has 1 aromatic carbocycles. The van der Waals surface area contributed by atoms with Crippen LogP contribution in [0.2, 0.25) is 0 Å². The number of benzene rings is 1. The second-order valence-electron chi connectivity index (χ2n) is 3.68. The van der Waals surface area contributed by atoms with Crippen molar-refractivity contribution in [1.29, 1.82) is 0 Å². The zero-order valence-electron chi connectivity index (χ0n) is 9.71. The van der Waals surface area contributed by atoms with E-state index in [0.29, 0.717) is 0 Å². The number of tetrazole rings is 1. The molecule has 0 aliphatic carbocycles. The number of rotatable bonds is 5. The summed E-state index contributed by atoms with van der Waals surface area (Å²) in [6, 6.07) is 7.82. The fraction of sp³-hybridized carbons (Fsp3) is 0.364. The van der Waals surface area contributed by atoms with Crippen LogP contribution in [-0.2, 0) is 12.3 Å². The highest BCUT2D eigenvalue weighted by Gasteiger charge is 2.05.